The zero-order chi connectivity index (χ0) is 39.3. The number of esters is 1. The van der Waals surface area contributed by atoms with Gasteiger partial charge in [0.2, 0.25) is 0 Å². The molecule has 8 nitrogen and oxygen atoms in total. The van der Waals surface area contributed by atoms with Crippen LogP contribution in [0.1, 0.15) is 194 Å². The number of hydrogen-bond acceptors (Lipinski definition) is 6. The summed E-state index contributed by atoms with van der Waals surface area (Å²) >= 11 is 0. The molecule has 0 aromatic rings. The Balaban J connectivity index is 4.41. The number of ether oxygens (including phenoxy) is 1. The number of ketones is 1. The highest BCUT2D eigenvalue weighted by atomic mass is 31.2. The van der Waals surface area contributed by atoms with Crippen LogP contribution in [0, 0.1) is 5.92 Å². The molecule has 1 N–H and O–H groups in total. The van der Waals surface area contributed by atoms with Crippen LogP contribution in [0.4, 0.5) is 0 Å². The maximum Gasteiger partial charge on any atom is 0.472 e. The van der Waals surface area contributed by atoms with Crippen LogP contribution in [0.3, 0.4) is 0 Å². The van der Waals surface area contributed by atoms with E-state index in [9.17, 15) is 19.0 Å². The molecule has 0 saturated carbocycles. The van der Waals surface area contributed by atoms with Crippen molar-refractivity contribution >= 4 is 19.6 Å². The Morgan fingerprint density at radius 1 is 0.566 bits per heavy atom. The first-order chi connectivity index (χ1) is 25.5. The second-order valence-electron chi connectivity index (χ2n) is 16.1. The minimum atomic E-state index is -4.34. The zero-order valence-electron chi connectivity index (χ0n) is 35.3. The van der Waals surface area contributed by atoms with E-state index in [1.165, 1.54) is 96.3 Å². The van der Waals surface area contributed by atoms with Gasteiger partial charge in [0.05, 0.1) is 33.7 Å². The van der Waals surface area contributed by atoms with Gasteiger partial charge in [-0.25, -0.2) is 4.57 Å². The average molecular weight is 771 g/mol. The monoisotopic (exact) mass is 771 g/mol. The fraction of sp³-hybridized carbons (Fsp3) is 0.864. The van der Waals surface area contributed by atoms with Gasteiger partial charge in [-0.3, -0.25) is 18.6 Å². The maximum absolute atomic E-state index is 13.2. The molecule has 0 radical (unpaired) electrons. The highest BCUT2D eigenvalue weighted by molar-refractivity contribution is 7.47. The predicted molar refractivity (Wildman–Crippen MR) is 223 cm³/mol. The second kappa shape index (κ2) is 36.3. The molecule has 2 atom stereocenters. The van der Waals surface area contributed by atoms with Crippen molar-refractivity contribution in [3.8, 4) is 0 Å². The van der Waals surface area contributed by atoms with Gasteiger partial charge >= 0.3 is 13.8 Å². The van der Waals surface area contributed by atoms with E-state index in [4.69, 9.17) is 13.8 Å². The number of likely N-dealkylation sites (N-methyl/N-ethyl adjacent to an activating group) is 1. The largest absolute Gasteiger partial charge is 0.472 e. The molecular weight excluding hydrogens is 685 g/mol. The lowest BCUT2D eigenvalue weighted by molar-refractivity contribution is -0.870. The number of phosphoric acid groups is 1. The summed E-state index contributed by atoms with van der Waals surface area (Å²) in [5, 5.41) is 0. The number of carbonyl (C=O) groups excluding carboxylic acids is 2. The summed E-state index contributed by atoms with van der Waals surface area (Å²) in [4.78, 5) is 35.9. The summed E-state index contributed by atoms with van der Waals surface area (Å²) in [5.74, 6) is -1.25. The van der Waals surface area contributed by atoms with Crippen molar-refractivity contribution in [2.75, 3.05) is 47.5 Å². The smallest absolute Gasteiger partial charge is 0.465 e. The van der Waals surface area contributed by atoms with Crippen molar-refractivity contribution in [2.24, 2.45) is 5.92 Å². The first kappa shape index (κ1) is 51.7. The number of allylic oxidation sites excluding steroid dienone is 4. The van der Waals surface area contributed by atoms with Gasteiger partial charge in [0.1, 0.15) is 25.5 Å². The molecule has 0 saturated heterocycles. The Hall–Kier alpha value is -1.31. The number of quaternary nitrogens is 1. The Morgan fingerprint density at radius 2 is 0.962 bits per heavy atom. The molecule has 0 aliphatic carbocycles. The molecule has 0 fully saturated rings. The minimum Gasteiger partial charge on any atom is -0.465 e. The quantitative estimate of drug-likeness (QED) is 0.0218. The highest BCUT2D eigenvalue weighted by Gasteiger charge is 2.28. The van der Waals surface area contributed by atoms with Gasteiger partial charge in [-0.05, 0) is 64.2 Å². The lowest BCUT2D eigenvalue weighted by Crippen LogP contribution is -2.37. The number of phosphoric ester groups is 1. The number of Topliss-reactive ketones (excluding diaryl/α,β-unsaturated/α-hetero) is 1. The molecule has 0 aromatic carbocycles. The summed E-state index contributed by atoms with van der Waals surface area (Å²) in [5.41, 5.74) is 0. The van der Waals surface area contributed by atoms with Crippen LogP contribution in [0.2, 0.25) is 0 Å². The third kappa shape index (κ3) is 38.7. The van der Waals surface area contributed by atoms with E-state index >= 15 is 0 Å². The minimum absolute atomic E-state index is 0.0513. The molecule has 0 spiro atoms. The standard InChI is InChI=1S/C44H84NO7P/c1-6-8-10-12-14-16-18-20-22-24-26-28-30-32-34-36-43(46)42(41-52-53(48,49)51-39-38-45(3,4)5)40-50-44(47)37-35-33-31-29-27-25-23-21-19-17-15-13-11-9-7-2/h20-23,42H,6-19,24-41H2,1-5H3/p+1/b22-20-,23-21+/t42-/m0/s1. The third-order valence-electron chi connectivity index (χ3n) is 9.68. The molecule has 312 valence electrons. The van der Waals surface area contributed by atoms with E-state index in [2.05, 4.69) is 38.2 Å². The topological polar surface area (TPSA) is 99.1 Å². The first-order valence-electron chi connectivity index (χ1n) is 21.9. The van der Waals surface area contributed by atoms with E-state index in [1.807, 2.05) is 21.1 Å². The van der Waals surface area contributed by atoms with Gasteiger partial charge in [0.25, 0.3) is 0 Å². The van der Waals surface area contributed by atoms with Crippen molar-refractivity contribution < 1.29 is 37.3 Å². The van der Waals surface area contributed by atoms with E-state index in [0.717, 1.165) is 70.6 Å². The number of hydrogen-bond donors (Lipinski definition) is 1. The van der Waals surface area contributed by atoms with Crippen molar-refractivity contribution in [1.82, 2.24) is 0 Å². The fourth-order valence-corrected chi connectivity index (χ4v) is 6.82. The van der Waals surface area contributed by atoms with Crippen LogP contribution in [0.15, 0.2) is 24.3 Å². The van der Waals surface area contributed by atoms with Crippen molar-refractivity contribution in [2.45, 2.75) is 194 Å². The molecule has 0 aliphatic heterocycles. The van der Waals surface area contributed by atoms with E-state index in [0.29, 0.717) is 23.9 Å². The average Bonchev–Trinajstić information content (AvgIpc) is 3.10. The lowest BCUT2D eigenvalue weighted by atomic mass is 9.99. The van der Waals surface area contributed by atoms with Gasteiger partial charge in [-0.1, -0.05) is 141 Å². The fourth-order valence-electron chi connectivity index (χ4n) is 6.07. The van der Waals surface area contributed by atoms with Crippen LogP contribution in [0.25, 0.3) is 0 Å². The van der Waals surface area contributed by atoms with Gasteiger partial charge in [0, 0.05) is 12.8 Å². The maximum atomic E-state index is 13.2. The summed E-state index contributed by atoms with van der Waals surface area (Å²) in [6, 6.07) is 0. The Kier molecular flexibility index (Phi) is 35.4. The van der Waals surface area contributed by atoms with E-state index < -0.39 is 13.7 Å². The number of rotatable bonds is 40. The molecule has 0 bridgehead atoms. The molecular formula is C44H85NO7P+. The number of nitrogens with zero attached hydrogens (tertiary/aromatic N) is 1. The van der Waals surface area contributed by atoms with Crippen LogP contribution in [-0.4, -0.2) is 68.6 Å². The molecule has 1 unspecified atom stereocenters. The summed E-state index contributed by atoms with van der Waals surface area (Å²) in [6.07, 6.45) is 40.7. The van der Waals surface area contributed by atoms with Gasteiger partial charge in [-0.2, -0.15) is 0 Å². The second-order valence-corrected chi connectivity index (χ2v) is 17.6. The molecule has 9 heteroatoms. The van der Waals surface area contributed by atoms with Gasteiger partial charge in [-0.15, -0.1) is 0 Å². The van der Waals surface area contributed by atoms with Gasteiger partial charge in [0.15, 0.2) is 0 Å². The number of carbonyl (C=O) groups is 2. The summed E-state index contributed by atoms with van der Waals surface area (Å²) < 4.78 is 29.0. The Morgan fingerprint density at radius 3 is 1.40 bits per heavy atom. The predicted octanol–water partition coefficient (Wildman–Crippen LogP) is 12.6. The molecule has 0 heterocycles. The first-order valence-corrected chi connectivity index (χ1v) is 23.4. The van der Waals surface area contributed by atoms with E-state index in [1.54, 1.807) is 0 Å². The third-order valence-corrected chi connectivity index (χ3v) is 10.7. The molecule has 0 rings (SSSR count). The number of unbranched alkanes of at least 4 members (excludes halogenated alkanes) is 22. The normalized spacial score (nSPS) is 13.9. The molecule has 0 aromatic heterocycles. The summed E-state index contributed by atoms with van der Waals surface area (Å²) in [7, 11) is 1.54. The van der Waals surface area contributed by atoms with Crippen molar-refractivity contribution in [1.29, 1.82) is 0 Å². The summed E-state index contributed by atoms with van der Waals surface area (Å²) in [6.45, 7) is 4.62. The zero-order valence-corrected chi connectivity index (χ0v) is 36.2. The highest BCUT2D eigenvalue weighted by Crippen LogP contribution is 2.43. The lowest BCUT2D eigenvalue weighted by Gasteiger charge is -2.24. The van der Waals surface area contributed by atoms with Crippen molar-refractivity contribution in [3.63, 3.8) is 0 Å². The Labute approximate surface area is 327 Å². The molecule has 0 aliphatic rings. The SMILES string of the molecule is CCCCCCCC/C=C\CCCCCCCC(=O)[C@@H](COC(=O)CCCCCCC/C=C/CCCCCCCC)COP(=O)(O)OCC[N+](C)(C)C. The molecule has 53 heavy (non-hydrogen) atoms. The van der Waals surface area contributed by atoms with Crippen LogP contribution in [-0.2, 0) is 27.9 Å². The molecule has 0 amide bonds. The van der Waals surface area contributed by atoms with Crippen LogP contribution >= 0.6 is 7.82 Å². The Bertz CT molecular complexity index is 962. The van der Waals surface area contributed by atoms with Crippen molar-refractivity contribution in [3.05, 3.63) is 24.3 Å². The van der Waals surface area contributed by atoms with Crippen LogP contribution < -0.4 is 0 Å². The van der Waals surface area contributed by atoms with Gasteiger partial charge < -0.3 is 14.1 Å². The van der Waals surface area contributed by atoms with E-state index in [-0.39, 0.29) is 31.6 Å². The van der Waals surface area contributed by atoms with Crippen LogP contribution in [0.5, 0.6) is 0 Å².